The monoisotopic (exact) mass is 934 g/mol. The number of anilines is 9. The van der Waals surface area contributed by atoms with Crippen molar-refractivity contribution in [3.63, 3.8) is 0 Å². The van der Waals surface area contributed by atoms with E-state index in [4.69, 9.17) is 15.7 Å². The fourth-order valence-corrected chi connectivity index (χ4v) is 11.9. The molecule has 2 aliphatic heterocycles. The molecule has 0 saturated heterocycles. The number of fused-ring (bicyclic) bond motifs is 5. The van der Waals surface area contributed by atoms with Crippen LogP contribution in [0, 0.1) is 27.7 Å². The van der Waals surface area contributed by atoms with Crippen LogP contribution in [0.4, 0.5) is 51.2 Å². The molecule has 0 aromatic heterocycles. The van der Waals surface area contributed by atoms with Crippen molar-refractivity contribution in [3.8, 4) is 17.2 Å². The second-order valence-corrected chi connectivity index (χ2v) is 24.1. The smallest absolute Gasteiger partial charge is 0.252 e. The van der Waals surface area contributed by atoms with Gasteiger partial charge in [-0.15, -0.1) is 0 Å². The van der Waals surface area contributed by atoms with Crippen molar-refractivity contribution in [1.29, 1.82) is 0 Å². The van der Waals surface area contributed by atoms with Crippen molar-refractivity contribution in [2.75, 3.05) is 14.7 Å². The molecule has 1 aliphatic carbocycles. The van der Waals surface area contributed by atoms with Crippen molar-refractivity contribution in [1.82, 2.24) is 0 Å². The number of phenolic OH excluding ortho intramolecular Hbond substituents is 3. The highest BCUT2D eigenvalue weighted by molar-refractivity contribution is 7.00. The van der Waals surface area contributed by atoms with Crippen LogP contribution in [0.1, 0.15) is 127 Å². The summed E-state index contributed by atoms with van der Waals surface area (Å²) in [6, 6.07) is 37.7. The van der Waals surface area contributed by atoms with Gasteiger partial charge in [0.2, 0.25) is 0 Å². The second-order valence-electron chi connectivity index (χ2n) is 24.1. The summed E-state index contributed by atoms with van der Waals surface area (Å²) >= 11 is 0. The van der Waals surface area contributed by atoms with Crippen LogP contribution in [0.2, 0.25) is 0 Å². The summed E-state index contributed by atoms with van der Waals surface area (Å²) in [6.45, 7) is 31.7. The van der Waals surface area contributed by atoms with E-state index in [0.717, 1.165) is 52.1 Å². The second kappa shape index (κ2) is 16.3. The van der Waals surface area contributed by atoms with Crippen molar-refractivity contribution in [2.24, 2.45) is 0 Å². The van der Waals surface area contributed by atoms with E-state index < -0.39 is 17.2 Å². The highest BCUT2D eigenvalue weighted by Gasteiger charge is 2.48. The predicted molar refractivity (Wildman–Crippen MR) is 303 cm³/mol. The molecular weight excluding hydrogens is 867 g/mol. The van der Waals surface area contributed by atoms with Gasteiger partial charge in [-0.05, 0) is 166 Å². The molecule has 10 rings (SSSR count). The molecule has 0 saturated carbocycles. The summed E-state index contributed by atoms with van der Waals surface area (Å²) in [5.41, 5.74) is 20.4. The minimum Gasteiger partial charge on any atom is -0.506 e. The first-order valence-corrected chi connectivity index (χ1v) is 25.2. The minimum atomic E-state index is -0.598. The van der Waals surface area contributed by atoms with Crippen molar-refractivity contribution in [2.45, 2.75) is 131 Å². The van der Waals surface area contributed by atoms with E-state index in [1.807, 2.05) is 12.1 Å². The Balaban J connectivity index is 1.36. The van der Waals surface area contributed by atoms with Crippen LogP contribution in [-0.4, -0.2) is 37.7 Å². The van der Waals surface area contributed by atoms with Crippen molar-refractivity contribution in [3.05, 3.63) is 148 Å². The fraction of sp³-hybridized carbons (Fsp3) is 0.323. The summed E-state index contributed by atoms with van der Waals surface area (Å²) in [7, 11) is 12.6. The van der Waals surface area contributed by atoms with E-state index in [1.54, 1.807) is 4.90 Å². The molecule has 0 spiro atoms. The van der Waals surface area contributed by atoms with Gasteiger partial charge in [-0.2, -0.15) is 0 Å². The van der Waals surface area contributed by atoms with E-state index in [0.29, 0.717) is 11.4 Å². The SMILES string of the molecule is [B]c1c([B])c(O)c(N(c2ccc(C(C)(C)C)cc2)c2ccc3c(c2)N(c2c(C)cccc2C)c2cc(C(C)(C)C)cc4c2B3c2cc3c(cc2N4c2c(C)cccc2C)C(C)(C)CCC3(C)C)c(O)c1O. The molecule has 0 unspecified atom stereocenters. The topological polar surface area (TPSA) is 70.4 Å². The molecule has 4 radical (unpaired) electrons. The molecule has 356 valence electrons. The normalized spacial score (nSPS) is 15.5. The van der Waals surface area contributed by atoms with Gasteiger partial charge < -0.3 is 30.0 Å². The van der Waals surface area contributed by atoms with Crippen LogP contribution in [0.25, 0.3) is 0 Å². The van der Waals surface area contributed by atoms with Crippen LogP contribution in [0.15, 0.2) is 103 Å². The molecule has 3 aliphatic rings. The molecule has 6 nitrogen and oxygen atoms in total. The highest BCUT2D eigenvalue weighted by atomic mass is 16.3. The molecule has 0 atom stereocenters. The Morgan fingerprint density at radius 1 is 0.507 bits per heavy atom. The van der Waals surface area contributed by atoms with E-state index in [-0.39, 0.29) is 45.0 Å². The summed E-state index contributed by atoms with van der Waals surface area (Å²) in [5, 5.41) is 35.2. The van der Waals surface area contributed by atoms with Crippen LogP contribution in [-0.2, 0) is 21.7 Å². The molecule has 0 amide bonds. The Kier molecular flexibility index (Phi) is 11.0. The molecule has 7 aromatic carbocycles. The van der Waals surface area contributed by atoms with E-state index in [1.165, 1.54) is 55.8 Å². The standard InChI is InChI=1S/C62H66B3N3O3/c1-34-17-15-18-35(2)53(34)67-46-31-41(66(40-23-21-38(22-24-40)59(5,6)7)55-56(69)50(63)51(64)57(70)58(55)71)25-26-44(46)65-45-32-42-43(62(13,14)28-27-61(42,11)12)33-47(45)68(54-36(3)19-16-20-37(54)4)49-30-39(60(8,9)10)29-48(67)52(49)65/h15-26,29-33,69-71H,27-28H2,1-14H3. The Morgan fingerprint density at radius 2 is 0.958 bits per heavy atom. The van der Waals surface area contributed by atoms with Crippen molar-refractivity contribution >= 4 is 101 Å². The molecule has 71 heavy (non-hydrogen) atoms. The van der Waals surface area contributed by atoms with Gasteiger partial charge in [0, 0.05) is 34.1 Å². The Hall–Kier alpha value is -6.47. The molecule has 9 heteroatoms. The zero-order valence-electron chi connectivity index (χ0n) is 44.1. The van der Waals surface area contributed by atoms with Gasteiger partial charge in [0.05, 0.1) is 11.4 Å². The predicted octanol–water partition coefficient (Wildman–Crippen LogP) is 12.1. The van der Waals surface area contributed by atoms with Gasteiger partial charge in [0.15, 0.2) is 11.5 Å². The Labute approximate surface area is 425 Å². The molecule has 0 fully saturated rings. The number of aryl methyl sites for hydroxylation is 4. The maximum absolute atomic E-state index is 12.0. The Bertz CT molecular complexity index is 3290. The molecule has 0 bridgehead atoms. The average Bonchev–Trinajstić information content (AvgIpc) is 3.30. The number of nitrogens with zero attached hydrogens (tertiary/aromatic N) is 3. The largest absolute Gasteiger partial charge is 0.506 e. The Morgan fingerprint density at radius 3 is 1.45 bits per heavy atom. The number of hydrogen-bond acceptors (Lipinski definition) is 6. The number of rotatable bonds is 5. The summed E-state index contributed by atoms with van der Waals surface area (Å²) in [4.78, 5) is 6.83. The third-order valence-corrected chi connectivity index (χ3v) is 16.2. The third kappa shape index (κ3) is 7.46. The van der Waals surface area contributed by atoms with Crippen LogP contribution < -0.4 is 42.0 Å². The summed E-state index contributed by atoms with van der Waals surface area (Å²) < 4.78 is 0. The number of benzene rings is 7. The lowest BCUT2D eigenvalue weighted by molar-refractivity contribution is 0.332. The average molecular weight is 934 g/mol. The number of aromatic hydroxyl groups is 3. The van der Waals surface area contributed by atoms with E-state index >= 15 is 0 Å². The van der Waals surface area contributed by atoms with Crippen LogP contribution in [0.3, 0.4) is 0 Å². The minimum absolute atomic E-state index is 0.0326. The summed E-state index contributed by atoms with van der Waals surface area (Å²) in [5.74, 6) is -1.61. The number of para-hydroxylation sites is 2. The maximum atomic E-state index is 12.0. The first kappa shape index (κ1) is 48.2. The molecular formula is C62H66B3N3O3. The lowest BCUT2D eigenvalue weighted by Crippen LogP contribution is -2.62. The van der Waals surface area contributed by atoms with Gasteiger partial charge in [-0.25, -0.2) is 0 Å². The van der Waals surface area contributed by atoms with Crippen molar-refractivity contribution < 1.29 is 15.3 Å². The van der Waals surface area contributed by atoms with Gasteiger partial charge in [-0.1, -0.05) is 141 Å². The lowest BCUT2D eigenvalue weighted by Gasteiger charge is -2.48. The van der Waals surface area contributed by atoms with Crippen LogP contribution >= 0.6 is 0 Å². The highest BCUT2D eigenvalue weighted by Crippen LogP contribution is 2.54. The maximum Gasteiger partial charge on any atom is 0.252 e. The van der Waals surface area contributed by atoms with Crippen LogP contribution in [0.5, 0.6) is 17.2 Å². The number of hydrogen-bond donors (Lipinski definition) is 3. The van der Waals surface area contributed by atoms with Gasteiger partial charge >= 0.3 is 0 Å². The first-order chi connectivity index (χ1) is 33.2. The third-order valence-electron chi connectivity index (χ3n) is 16.2. The number of phenols is 3. The van der Waals surface area contributed by atoms with Gasteiger partial charge in [0.1, 0.15) is 27.1 Å². The lowest BCUT2D eigenvalue weighted by atomic mass is 9.33. The molecule has 3 N–H and O–H groups in total. The zero-order chi connectivity index (χ0) is 51.2. The molecule has 7 aromatic rings. The first-order valence-electron chi connectivity index (χ1n) is 25.2. The van der Waals surface area contributed by atoms with Gasteiger partial charge in [0.25, 0.3) is 6.71 Å². The van der Waals surface area contributed by atoms with E-state index in [9.17, 15) is 15.3 Å². The zero-order valence-corrected chi connectivity index (χ0v) is 44.1. The quantitative estimate of drug-likeness (QED) is 0.0907. The molecule has 2 heterocycles. The van der Waals surface area contributed by atoms with E-state index in [2.05, 4.69) is 198 Å². The van der Waals surface area contributed by atoms with Gasteiger partial charge in [-0.3, -0.25) is 0 Å². The summed E-state index contributed by atoms with van der Waals surface area (Å²) in [6.07, 6.45) is 2.19. The fourth-order valence-electron chi connectivity index (χ4n) is 11.9.